The summed E-state index contributed by atoms with van der Waals surface area (Å²) in [6.07, 6.45) is 10.2. The number of hydrogen-bond donors (Lipinski definition) is 2. The Hall–Kier alpha value is -0.430. The van der Waals surface area contributed by atoms with Crippen LogP contribution >= 0.6 is 0 Å². The molecule has 6 nitrogen and oxygen atoms in total. The number of unbranched alkanes of at least 4 members (excludes halogenated alkanes) is 8. The average Bonchev–Trinajstić information content (AvgIpc) is 2.44. The predicted octanol–water partition coefficient (Wildman–Crippen LogP) is 1.80. The molecule has 0 unspecified atom stereocenters. The quantitative estimate of drug-likeness (QED) is 0.230. The summed E-state index contributed by atoms with van der Waals surface area (Å²) in [6.45, 7) is 2.20. The number of esters is 2. The summed E-state index contributed by atoms with van der Waals surface area (Å²) in [5, 5.41) is 0. The Bertz CT molecular complexity index is 351. The Labute approximate surface area is 161 Å². The van der Waals surface area contributed by atoms with Gasteiger partial charge in [-0.3, -0.25) is 9.59 Å². The number of carbonyl (C=O) groups is 3. The van der Waals surface area contributed by atoms with Crippen molar-refractivity contribution in [2.45, 2.75) is 83.6 Å². The maximum absolute atomic E-state index is 11.4. The van der Waals surface area contributed by atoms with Gasteiger partial charge in [-0.1, -0.05) is 58.3 Å². The van der Waals surface area contributed by atoms with Crippen molar-refractivity contribution in [2.24, 2.45) is 11.5 Å². The van der Waals surface area contributed by atoms with E-state index >= 15 is 0 Å². The Balaban J connectivity index is 0. The minimum Gasteiger partial charge on any atom is -0.392 e. The molecule has 4 N–H and O–H groups in total. The van der Waals surface area contributed by atoms with Crippen molar-refractivity contribution in [1.29, 1.82) is 0 Å². The summed E-state index contributed by atoms with van der Waals surface area (Å²) in [7, 11) is 0. The number of primary amides is 1. The molecule has 7 heteroatoms. The molecule has 0 bridgehead atoms. The third-order valence-corrected chi connectivity index (χ3v) is 3.42. The summed E-state index contributed by atoms with van der Waals surface area (Å²) in [4.78, 5) is 33.4. The van der Waals surface area contributed by atoms with E-state index in [1.54, 1.807) is 0 Å². The van der Waals surface area contributed by atoms with Gasteiger partial charge >= 0.3 is 11.9 Å². The van der Waals surface area contributed by atoms with Gasteiger partial charge in [0, 0.05) is 36.0 Å². The first-order valence-corrected chi connectivity index (χ1v) is 8.25. The molecule has 129 valence electrons. The van der Waals surface area contributed by atoms with Gasteiger partial charge in [-0.2, -0.15) is 0 Å². The van der Waals surface area contributed by atoms with Gasteiger partial charge in [0.15, 0.2) is 0 Å². The Morgan fingerprint density at radius 2 is 1.39 bits per heavy atom. The van der Waals surface area contributed by atoms with Gasteiger partial charge in [0.25, 0.3) is 0 Å². The number of carbonyl (C=O) groups excluding carboxylic acids is 3. The second-order valence-electron chi connectivity index (χ2n) is 5.65. The van der Waals surface area contributed by atoms with Crippen molar-refractivity contribution < 1.29 is 19.1 Å². The predicted molar refractivity (Wildman–Crippen MR) is 90.5 cm³/mol. The van der Waals surface area contributed by atoms with Crippen molar-refractivity contribution >= 4 is 47.4 Å². The second-order valence-corrected chi connectivity index (χ2v) is 5.65. The Morgan fingerprint density at radius 3 is 1.87 bits per heavy atom. The fourth-order valence-electron chi connectivity index (χ4n) is 2.12. The summed E-state index contributed by atoms with van der Waals surface area (Å²) < 4.78 is 4.57. The van der Waals surface area contributed by atoms with E-state index in [1.807, 2.05) is 0 Å². The van der Waals surface area contributed by atoms with Crippen LogP contribution in [0.1, 0.15) is 77.6 Å². The number of ether oxygens (including phenoxy) is 1. The molecular weight excluding hydrogens is 307 g/mol. The van der Waals surface area contributed by atoms with Crippen molar-refractivity contribution in [3.05, 3.63) is 0 Å². The fraction of sp³-hybridized carbons (Fsp3) is 0.812. The number of hydrogen-bond acceptors (Lipinski definition) is 5. The first-order valence-electron chi connectivity index (χ1n) is 8.25. The Kier molecular flexibility index (Phi) is 17.7. The molecule has 0 rings (SSSR count). The minimum absolute atomic E-state index is 0. The summed E-state index contributed by atoms with van der Waals surface area (Å²) in [5.41, 5.74) is 10.3. The largest absolute Gasteiger partial charge is 0.392 e. The van der Waals surface area contributed by atoms with Gasteiger partial charge in [-0.25, -0.2) is 4.79 Å². The third-order valence-electron chi connectivity index (χ3n) is 3.42. The molecule has 1 atom stereocenters. The Morgan fingerprint density at radius 1 is 0.913 bits per heavy atom. The number of nitrogens with two attached hydrogens (primary N) is 2. The zero-order chi connectivity index (χ0) is 16.8. The van der Waals surface area contributed by atoms with Crippen LogP contribution in [0.2, 0.25) is 0 Å². The van der Waals surface area contributed by atoms with E-state index in [2.05, 4.69) is 11.7 Å². The molecule has 0 fully saturated rings. The summed E-state index contributed by atoms with van der Waals surface area (Å²) >= 11 is 0. The maximum atomic E-state index is 11.4. The minimum atomic E-state index is -1.16. The molecule has 0 aromatic carbocycles. The van der Waals surface area contributed by atoms with Crippen LogP contribution in [-0.2, 0) is 19.1 Å². The van der Waals surface area contributed by atoms with E-state index < -0.39 is 23.9 Å². The van der Waals surface area contributed by atoms with Crippen LogP contribution in [0.25, 0.3) is 0 Å². The molecule has 0 saturated carbocycles. The number of rotatable bonds is 13. The van der Waals surface area contributed by atoms with Crippen LogP contribution in [0, 0.1) is 0 Å². The molecular formula is C16H30N2NaO4. The molecule has 0 aliphatic carbocycles. The molecule has 0 heterocycles. The van der Waals surface area contributed by atoms with E-state index in [9.17, 15) is 14.4 Å². The molecule has 1 radical (unpaired) electrons. The van der Waals surface area contributed by atoms with E-state index in [1.165, 1.54) is 38.5 Å². The third kappa shape index (κ3) is 16.2. The smallest absolute Gasteiger partial charge is 0.331 e. The van der Waals surface area contributed by atoms with Crippen LogP contribution in [0.15, 0.2) is 0 Å². The monoisotopic (exact) mass is 337 g/mol. The molecule has 0 spiro atoms. The van der Waals surface area contributed by atoms with Gasteiger partial charge in [0.1, 0.15) is 6.04 Å². The second kappa shape index (κ2) is 16.4. The molecule has 0 aliphatic rings. The maximum Gasteiger partial charge on any atom is 0.331 e. The van der Waals surface area contributed by atoms with E-state index in [4.69, 9.17) is 11.5 Å². The van der Waals surface area contributed by atoms with E-state index in [0.29, 0.717) is 6.42 Å². The van der Waals surface area contributed by atoms with E-state index in [0.717, 1.165) is 12.8 Å². The van der Waals surface area contributed by atoms with Crippen LogP contribution in [0.5, 0.6) is 0 Å². The number of amides is 1. The normalized spacial score (nSPS) is 11.4. The van der Waals surface area contributed by atoms with Crippen molar-refractivity contribution in [3.63, 3.8) is 0 Å². The van der Waals surface area contributed by atoms with Crippen molar-refractivity contribution in [3.8, 4) is 0 Å². The zero-order valence-corrected chi connectivity index (χ0v) is 16.6. The fourth-order valence-corrected chi connectivity index (χ4v) is 2.12. The summed E-state index contributed by atoms with van der Waals surface area (Å²) in [6, 6.07) is -1.16. The van der Waals surface area contributed by atoms with Crippen LogP contribution < -0.4 is 11.5 Å². The van der Waals surface area contributed by atoms with Gasteiger partial charge < -0.3 is 16.2 Å². The average molecular weight is 337 g/mol. The molecule has 0 aromatic heterocycles. The van der Waals surface area contributed by atoms with E-state index in [-0.39, 0.29) is 42.4 Å². The molecule has 0 saturated heterocycles. The summed E-state index contributed by atoms with van der Waals surface area (Å²) in [5.74, 6) is -2.18. The van der Waals surface area contributed by atoms with Crippen LogP contribution in [-0.4, -0.2) is 53.4 Å². The topological polar surface area (TPSA) is 112 Å². The van der Waals surface area contributed by atoms with Crippen LogP contribution in [0.3, 0.4) is 0 Å². The van der Waals surface area contributed by atoms with Gasteiger partial charge in [-0.15, -0.1) is 0 Å². The van der Waals surface area contributed by atoms with Gasteiger partial charge in [0.05, 0.1) is 6.42 Å². The van der Waals surface area contributed by atoms with Crippen molar-refractivity contribution in [1.82, 2.24) is 0 Å². The van der Waals surface area contributed by atoms with Crippen molar-refractivity contribution in [2.75, 3.05) is 0 Å². The molecule has 0 aromatic rings. The first-order chi connectivity index (χ1) is 10.5. The standard InChI is InChI=1S/C16H30N2O4.Na/c1-2-3-4-5-6-7-8-9-10-11-15(20)22-16(21)13(17)12-14(18)19;/h13H,2-12,17H2,1H3,(H2,18,19);/t13-;/m0./s1. The molecule has 23 heavy (non-hydrogen) atoms. The SMILES string of the molecule is CCCCCCCCCCCC(=O)OC(=O)[C@@H](N)CC(N)=O.[Na]. The van der Waals surface area contributed by atoms with Gasteiger partial charge in [0.2, 0.25) is 5.91 Å². The molecule has 0 aliphatic heterocycles. The molecule has 1 amide bonds. The van der Waals surface area contributed by atoms with Crippen LogP contribution in [0.4, 0.5) is 0 Å². The zero-order valence-electron chi connectivity index (χ0n) is 14.6. The van der Waals surface area contributed by atoms with Gasteiger partial charge in [-0.05, 0) is 6.42 Å². The first kappa shape index (κ1) is 24.8.